The third-order valence-corrected chi connectivity index (χ3v) is 3.33. The number of halogens is 2. The number of rotatable bonds is 4. The lowest BCUT2D eigenvalue weighted by Gasteiger charge is -1.95. The van der Waals surface area contributed by atoms with E-state index in [4.69, 9.17) is 5.26 Å². The van der Waals surface area contributed by atoms with Crippen LogP contribution in [0.2, 0.25) is 0 Å². The Morgan fingerprint density at radius 3 is 1.85 bits per heavy atom. The van der Waals surface area contributed by atoms with Crippen molar-refractivity contribution in [1.82, 2.24) is 0 Å². The SMILES string of the molecule is N#CC=Cc1ccccc1[N+](=O)[O-].O=[N+]([O-])c1ccccc1C=C(Br)Br. The maximum absolute atomic E-state index is 10.5. The van der Waals surface area contributed by atoms with Crippen LogP contribution in [0.5, 0.6) is 0 Å². The zero-order valence-electron chi connectivity index (χ0n) is 13.1. The van der Waals surface area contributed by atoms with E-state index in [1.54, 1.807) is 48.5 Å². The van der Waals surface area contributed by atoms with Gasteiger partial charge in [-0.2, -0.15) is 5.26 Å². The number of nitro groups is 2. The van der Waals surface area contributed by atoms with E-state index < -0.39 is 9.85 Å². The van der Waals surface area contributed by atoms with Crippen LogP contribution in [0, 0.1) is 31.6 Å². The van der Waals surface area contributed by atoms with Crippen molar-refractivity contribution in [2.24, 2.45) is 0 Å². The summed E-state index contributed by atoms with van der Waals surface area (Å²) in [5.74, 6) is 0. The van der Waals surface area contributed by atoms with Crippen LogP contribution in [0.4, 0.5) is 11.4 Å². The highest BCUT2D eigenvalue weighted by atomic mass is 79.9. The Labute approximate surface area is 165 Å². The zero-order chi connectivity index (χ0) is 19.5. The topological polar surface area (TPSA) is 110 Å². The minimum Gasteiger partial charge on any atom is -0.258 e. The van der Waals surface area contributed by atoms with Gasteiger partial charge in [-0.3, -0.25) is 20.2 Å². The summed E-state index contributed by atoms with van der Waals surface area (Å²) < 4.78 is 0.675. The predicted octanol–water partition coefficient (Wildman–Crippen LogP) is 5.81. The number of para-hydroxylation sites is 2. The van der Waals surface area contributed by atoms with Gasteiger partial charge in [0.25, 0.3) is 11.4 Å². The first kappa shape index (κ1) is 21.2. The van der Waals surface area contributed by atoms with Gasteiger partial charge < -0.3 is 0 Å². The van der Waals surface area contributed by atoms with Crippen LogP contribution in [0.25, 0.3) is 12.2 Å². The Morgan fingerprint density at radius 1 is 0.923 bits per heavy atom. The predicted molar refractivity (Wildman–Crippen MR) is 107 cm³/mol. The molecular weight excluding hydrogens is 470 g/mol. The number of nitro benzene ring substituents is 2. The van der Waals surface area contributed by atoms with Crippen molar-refractivity contribution in [1.29, 1.82) is 5.26 Å². The molecule has 26 heavy (non-hydrogen) atoms. The molecule has 0 aliphatic carbocycles. The third-order valence-electron chi connectivity index (χ3n) is 2.87. The maximum Gasteiger partial charge on any atom is 0.276 e. The second-order valence-electron chi connectivity index (χ2n) is 4.53. The second-order valence-corrected chi connectivity index (χ2v) is 7.30. The number of allylic oxidation sites excluding steroid dienone is 1. The summed E-state index contributed by atoms with van der Waals surface area (Å²) in [6.07, 6.45) is 4.26. The molecule has 0 aromatic heterocycles. The number of hydrogen-bond acceptors (Lipinski definition) is 5. The fourth-order valence-corrected chi connectivity index (χ4v) is 2.31. The number of hydrogen-bond donors (Lipinski definition) is 0. The molecule has 0 saturated carbocycles. The first-order chi connectivity index (χ1) is 12.4. The van der Waals surface area contributed by atoms with Crippen molar-refractivity contribution in [3.8, 4) is 6.07 Å². The number of benzene rings is 2. The van der Waals surface area contributed by atoms with E-state index in [1.165, 1.54) is 24.3 Å². The van der Waals surface area contributed by atoms with E-state index in [9.17, 15) is 20.2 Å². The van der Waals surface area contributed by atoms with Crippen molar-refractivity contribution < 1.29 is 9.85 Å². The van der Waals surface area contributed by atoms with Gasteiger partial charge >= 0.3 is 0 Å². The zero-order valence-corrected chi connectivity index (χ0v) is 16.3. The van der Waals surface area contributed by atoms with Gasteiger partial charge in [0.05, 0.1) is 30.4 Å². The highest BCUT2D eigenvalue weighted by Crippen LogP contribution is 2.24. The molecule has 0 heterocycles. The van der Waals surface area contributed by atoms with Gasteiger partial charge in [-0.15, -0.1) is 0 Å². The van der Waals surface area contributed by atoms with Gasteiger partial charge in [0.2, 0.25) is 0 Å². The molecule has 0 spiro atoms. The Kier molecular flexibility index (Phi) is 8.91. The van der Waals surface area contributed by atoms with Crippen LogP contribution in [0.15, 0.2) is 58.0 Å². The molecule has 0 fully saturated rings. The Hall–Kier alpha value is -2.83. The summed E-state index contributed by atoms with van der Waals surface area (Å²) in [5.41, 5.74) is 1.11. The largest absolute Gasteiger partial charge is 0.276 e. The molecule has 0 aliphatic rings. The van der Waals surface area contributed by atoms with E-state index >= 15 is 0 Å². The maximum atomic E-state index is 10.5. The molecule has 132 valence electrons. The highest BCUT2D eigenvalue weighted by Gasteiger charge is 2.10. The van der Waals surface area contributed by atoms with E-state index in [1.807, 2.05) is 0 Å². The molecule has 2 rings (SSSR count). The van der Waals surface area contributed by atoms with Gasteiger partial charge in [-0.25, -0.2) is 0 Å². The highest BCUT2D eigenvalue weighted by molar-refractivity contribution is 9.28. The molecule has 9 heteroatoms. The van der Waals surface area contributed by atoms with Gasteiger partial charge in [0.1, 0.15) is 0 Å². The lowest BCUT2D eigenvalue weighted by atomic mass is 10.2. The molecule has 2 aromatic carbocycles. The molecular formula is C17H11Br2N3O4. The molecule has 0 unspecified atom stereocenters. The van der Waals surface area contributed by atoms with E-state index in [0.29, 0.717) is 14.5 Å². The lowest BCUT2D eigenvalue weighted by Crippen LogP contribution is -1.90. The molecule has 0 saturated heterocycles. The first-order valence-electron chi connectivity index (χ1n) is 6.92. The Morgan fingerprint density at radius 2 is 1.38 bits per heavy atom. The number of nitrogens with zero attached hydrogens (tertiary/aromatic N) is 3. The lowest BCUT2D eigenvalue weighted by molar-refractivity contribution is -0.385. The van der Waals surface area contributed by atoms with Crippen molar-refractivity contribution in [2.75, 3.05) is 0 Å². The van der Waals surface area contributed by atoms with Gasteiger partial charge in [-0.05, 0) is 56.1 Å². The summed E-state index contributed by atoms with van der Waals surface area (Å²) in [5, 5.41) is 29.3. The third kappa shape index (κ3) is 6.96. The molecule has 7 nitrogen and oxygen atoms in total. The van der Waals surface area contributed by atoms with Crippen molar-refractivity contribution >= 4 is 55.4 Å². The summed E-state index contributed by atoms with van der Waals surface area (Å²) in [6, 6.07) is 14.6. The fourth-order valence-electron chi connectivity index (χ4n) is 1.82. The molecule has 0 amide bonds. The van der Waals surface area contributed by atoms with Crippen LogP contribution >= 0.6 is 31.9 Å². The Balaban J connectivity index is 0.000000260. The Bertz CT molecular complexity index is 901. The second kappa shape index (κ2) is 10.9. The summed E-state index contributed by atoms with van der Waals surface area (Å²) in [4.78, 5) is 20.1. The van der Waals surface area contributed by atoms with E-state index in [2.05, 4.69) is 31.9 Å². The monoisotopic (exact) mass is 479 g/mol. The fraction of sp³-hybridized carbons (Fsp3) is 0. The average Bonchev–Trinajstić information content (AvgIpc) is 2.60. The normalized spacial score (nSPS) is 9.58. The van der Waals surface area contributed by atoms with Gasteiger partial charge in [0.15, 0.2) is 0 Å². The van der Waals surface area contributed by atoms with E-state index in [0.717, 1.165) is 0 Å². The summed E-state index contributed by atoms with van der Waals surface area (Å²) >= 11 is 6.30. The number of nitriles is 1. The summed E-state index contributed by atoms with van der Waals surface area (Å²) in [7, 11) is 0. The van der Waals surface area contributed by atoms with Crippen LogP contribution < -0.4 is 0 Å². The van der Waals surface area contributed by atoms with Crippen LogP contribution in [-0.2, 0) is 0 Å². The molecule has 0 aliphatic heterocycles. The molecule has 2 aromatic rings. The smallest absolute Gasteiger partial charge is 0.258 e. The minimum atomic E-state index is -0.475. The van der Waals surface area contributed by atoms with Gasteiger partial charge in [-0.1, -0.05) is 24.3 Å². The molecule has 0 bridgehead atoms. The minimum absolute atomic E-state index is 0.00833. The van der Waals surface area contributed by atoms with Crippen LogP contribution in [0.1, 0.15) is 11.1 Å². The van der Waals surface area contributed by atoms with E-state index in [-0.39, 0.29) is 11.4 Å². The summed E-state index contributed by atoms with van der Waals surface area (Å²) in [6.45, 7) is 0. The first-order valence-corrected chi connectivity index (χ1v) is 8.51. The van der Waals surface area contributed by atoms with Crippen LogP contribution in [-0.4, -0.2) is 9.85 Å². The van der Waals surface area contributed by atoms with Crippen molar-refractivity contribution in [2.45, 2.75) is 0 Å². The molecule has 0 radical (unpaired) electrons. The molecule has 0 N–H and O–H groups in total. The quantitative estimate of drug-likeness (QED) is 0.311. The standard InChI is InChI=1S/C9H6N2O2.C8H5Br2NO2/c10-7-3-5-8-4-1-2-6-9(8)11(12)13;9-8(10)5-6-3-1-2-4-7(6)11(12)13/h1-6H;1-5H. The van der Waals surface area contributed by atoms with Crippen molar-refractivity contribution in [3.05, 3.63) is 89.4 Å². The molecule has 0 atom stereocenters. The van der Waals surface area contributed by atoms with Crippen LogP contribution in [0.3, 0.4) is 0 Å². The average molecular weight is 481 g/mol. The van der Waals surface area contributed by atoms with Gasteiger partial charge in [0, 0.05) is 18.2 Å². The van der Waals surface area contributed by atoms with Crippen molar-refractivity contribution in [3.63, 3.8) is 0 Å².